The van der Waals surface area contributed by atoms with E-state index in [1.807, 2.05) is 11.3 Å². The first kappa shape index (κ1) is 35.6. The molecular formula is C58H39NS. The lowest BCUT2D eigenvalue weighted by Gasteiger charge is -2.26. The summed E-state index contributed by atoms with van der Waals surface area (Å²) in [7, 11) is 0. The number of thiophene rings is 1. The van der Waals surface area contributed by atoms with Crippen LogP contribution in [0.15, 0.2) is 237 Å². The third-order valence-corrected chi connectivity index (χ3v) is 12.8. The van der Waals surface area contributed by atoms with Gasteiger partial charge in [0.1, 0.15) is 0 Å². The van der Waals surface area contributed by atoms with Crippen LogP contribution in [0.2, 0.25) is 0 Å². The minimum atomic E-state index is 1.11. The summed E-state index contributed by atoms with van der Waals surface area (Å²) in [5.41, 5.74) is 15.4. The van der Waals surface area contributed by atoms with E-state index < -0.39 is 0 Å². The van der Waals surface area contributed by atoms with Gasteiger partial charge in [0.25, 0.3) is 0 Å². The molecule has 2 heteroatoms. The summed E-state index contributed by atoms with van der Waals surface area (Å²) >= 11 is 1.86. The number of anilines is 3. The van der Waals surface area contributed by atoms with E-state index in [2.05, 4.69) is 241 Å². The zero-order chi connectivity index (χ0) is 39.8. The summed E-state index contributed by atoms with van der Waals surface area (Å²) < 4.78 is 2.60. The number of rotatable bonds is 8. The van der Waals surface area contributed by atoms with Gasteiger partial charge in [0.05, 0.1) is 0 Å². The third-order valence-electron chi connectivity index (χ3n) is 11.7. The van der Waals surface area contributed by atoms with Gasteiger partial charge in [0, 0.05) is 37.2 Å². The van der Waals surface area contributed by atoms with Crippen LogP contribution in [-0.4, -0.2) is 0 Å². The maximum absolute atomic E-state index is 2.38. The minimum absolute atomic E-state index is 1.11. The quantitative estimate of drug-likeness (QED) is 0.148. The van der Waals surface area contributed by atoms with Gasteiger partial charge in [-0.05, 0) is 127 Å². The Bertz CT molecular complexity index is 3290. The van der Waals surface area contributed by atoms with Crippen molar-refractivity contribution < 1.29 is 0 Å². The van der Waals surface area contributed by atoms with Crippen molar-refractivity contribution in [2.45, 2.75) is 0 Å². The van der Waals surface area contributed by atoms with Gasteiger partial charge in [0.2, 0.25) is 0 Å². The average molecular weight is 782 g/mol. The second-order valence-corrected chi connectivity index (χ2v) is 16.5. The Morgan fingerprint density at radius 3 is 1.28 bits per heavy atom. The molecule has 0 radical (unpaired) electrons. The molecule has 1 heterocycles. The van der Waals surface area contributed by atoms with E-state index in [0.29, 0.717) is 0 Å². The SMILES string of the molecule is c1ccc(-c2ccc(-c3ccc(N(c4ccc(-c5cccc(-c6cccc(-c7ccc8ccccc8c7)c6)c5)cc4)c4ccc5c(c4)sc4ccccc45)cc3)cc2)cc1. The maximum atomic E-state index is 2.38. The van der Waals surface area contributed by atoms with Crippen LogP contribution in [0, 0.1) is 0 Å². The summed E-state index contributed by atoms with van der Waals surface area (Å²) in [4.78, 5) is 2.38. The zero-order valence-electron chi connectivity index (χ0n) is 32.9. The third kappa shape index (κ3) is 6.83. The first-order valence-electron chi connectivity index (χ1n) is 20.5. The second-order valence-electron chi connectivity index (χ2n) is 15.4. The lowest BCUT2D eigenvalue weighted by Crippen LogP contribution is -2.09. The van der Waals surface area contributed by atoms with Crippen molar-refractivity contribution >= 4 is 59.3 Å². The zero-order valence-corrected chi connectivity index (χ0v) is 33.7. The standard InChI is InChI=1S/C58H39NS/c1-2-10-40(11-3-1)42-20-22-43(23-21-42)44-26-30-52(31-27-44)59(54-34-35-56-55-18-6-7-19-57(55)60-58(56)39-54)53-32-28-45(29-33-53)47-14-8-15-48(36-47)49-16-9-17-50(38-49)51-25-24-41-12-4-5-13-46(41)37-51/h1-39H. The Kier molecular flexibility index (Phi) is 9.11. The maximum Gasteiger partial charge on any atom is 0.0476 e. The van der Waals surface area contributed by atoms with Crippen LogP contribution in [0.4, 0.5) is 17.1 Å². The van der Waals surface area contributed by atoms with Crippen LogP contribution in [-0.2, 0) is 0 Å². The van der Waals surface area contributed by atoms with E-state index >= 15 is 0 Å². The lowest BCUT2D eigenvalue weighted by atomic mass is 9.95. The van der Waals surface area contributed by atoms with Gasteiger partial charge in [-0.2, -0.15) is 0 Å². The van der Waals surface area contributed by atoms with E-state index in [9.17, 15) is 0 Å². The molecule has 0 N–H and O–H groups in total. The van der Waals surface area contributed by atoms with Crippen LogP contribution in [0.3, 0.4) is 0 Å². The number of hydrogen-bond donors (Lipinski definition) is 0. The molecule has 10 aromatic carbocycles. The van der Waals surface area contributed by atoms with Crippen molar-refractivity contribution in [1.82, 2.24) is 0 Å². The fourth-order valence-electron chi connectivity index (χ4n) is 8.52. The van der Waals surface area contributed by atoms with Crippen molar-refractivity contribution in [2.24, 2.45) is 0 Å². The van der Waals surface area contributed by atoms with Gasteiger partial charge in [0.15, 0.2) is 0 Å². The molecule has 0 aliphatic heterocycles. The lowest BCUT2D eigenvalue weighted by molar-refractivity contribution is 1.29. The molecule has 0 aliphatic carbocycles. The molecular weight excluding hydrogens is 743 g/mol. The smallest absolute Gasteiger partial charge is 0.0476 e. The number of benzene rings is 10. The van der Waals surface area contributed by atoms with E-state index in [1.54, 1.807) is 0 Å². The van der Waals surface area contributed by atoms with Gasteiger partial charge in [-0.15, -0.1) is 11.3 Å². The minimum Gasteiger partial charge on any atom is -0.310 e. The van der Waals surface area contributed by atoms with Crippen LogP contribution in [0.5, 0.6) is 0 Å². The molecule has 0 aliphatic rings. The normalized spacial score (nSPS) is 11.3. The second kappa shape index (κ2) is 15.3. The highest BCUT2D eigenvalue weighted by Gasteiger charge is 2.16. The molecule has 0 amide bonds. The molecule has 60 heavy (non-hydrogen) atoms. The molecule has 0 saturated carbocycles. The molecule has 282 valence electrons. The van der Waals surface area contributed by atoms with Gasteiger partial charge in [-0.3, -0.25) is 0 Å². The van der Waals surface area contributed by atoms with Crippen molar-refractivity contribution in [3.05, 3.63) is 237 Å². The van der Waals surface area contributed by atoms with Crippen molar-refractivity contribution in [3.8, 4) is 55.6 Å². The molecule has 0 fully saturated rings. The van der Waals surface area contributed by atoms with E-state index in [1.165, 1.54) is 86.6 Å². The number of hydrogen-bond acceptors (Lipinski definition) is 2. The molecule has 0 unspecified atom stereocenters. The molecule has 0 saturated heterocycles. The number of fused-ring (bicyclic) bond motifs is 4. The van der Waals surface area contributed by atoms with Gasteiger partial charge < -0.3 is 4.90 Å². The molecule has 1 aromatic heterocycles. The fourth-order valence-corrected chi connectivity index (χ4v) is 9.66. The fraction of sp³-hybridized carbons (Fsp3) is 0. The van der Waals surface area contributed by atoms with Crippen LogP contribution in [0.25, 0.3) is 86.6 Å². The van der Waals surface area contributed by atoms with Crippen molar-refractivity contribution in [2.75, 3.05) is 4.90 Å². The van der Waals surface area contributed by atoms with E-state index in [-0.39, 0.29) is 0 Å². The van der Waals surface area contributed by atoms with E-state index in [4.69, 9.17) is 0 Å². The summed E-state index contributed by atoms with van der Waals surface area (Å²) in [6, 6.07) is 86.1. The summed E-state index contributed by atoms with van der Waals surface area (Å²) in [5, 5.41) is 5.12. The Hall–Kier alpha value is -7.52. The Morgan fingerprint density at radius 2 is 0.650 bits per heavy atom. The molecule has 0 spiro atoms. The predicted molar refractivity (Wildman–Crippen MR) is 259 cm³/mol. The summed E-state index contributed by atoms with van der Waals surface area (Å²) in [5.74, 6) is 0. The van der Waals surface area contributed by atoms with Crippen LogP contribution >= 0.6 is 11.3 Å². The molecule has 0 atom stereocenters. The van der Waals surface area contributed by atoms with E-state index in [0.717, 1.165) is 17.1 Å². The highest BCUT2D eigenvalue weighted by atomic mass is 32.1. The first-order chi connectivity index (χ1) is 29.7. The largest absolute Gasteiger partial charge is 0.310 e. The highest BCUT2D eigenvalue weighted by molar-refractivity contribution is 7.25. The van der Waals surface area contributed by atoms with Crippen LogP contribution < -0.4 is 4.90 Å². The summed E-state index contributed by atoms with van der Waals surface area (Å²) in [6.45, 7) is 0. The first-order valence-corrected chi connectivity index (χ1v) is 21.3. The topological polar surface area (TPSA) is 3.24 Å². The number of nitrogens with zero attached hydrogens (tertiary/aromatic N) is 1. The van der Waals surface area contributed by atoms with Gasteiger partial charge >= 0.3 is 0 Å². The average Bonchev–Trinajstić information content (AvgIpc) is 3.70. The Morgan fingerprint density at radius 1 is 0.233 bits per heavy atom. The molecule has 0 bridgehead atoms. The van der Waals surface area contributed by atoms with Crippen molar-refractivity contribution in [3.63, 3.8) is 0 Å². The molecule has 11 rings (SSSR count). The molecule has 11 aromatic rings. The van der Waals surface area contributed by atoms with Gasteiger partial charge in [-0.25, -0.2) is 0 Å². The van der Waals surface area contributed by atoms with Crippen LogP contribution in [0.1, 0.15) is 0 Å². The molecule has 1 nitrogen and oxygen atoms in total. The Balaban J connectivity index is 0.922. The predicted octanol–water partition coefficient (Wildman–Crippen LogP) is 17.0. The van der Waals surface area contributed by atoms with Gasteiger partial charge in [-0.1, -0.05) is 176 Å². The summed E-state index contributed by atoms with van der Waals surface area (Å²) in [6.07, 6.45) is 0. The van der Waals surface area contributed by atoms with Crippen molar-refractivity contribution in [1.29, 1.82) is 0 Å². The Labute approximate surface area is 354 Å². The monoisotopic (exact) mass is 781 g/mol. The highest BCUT2D eigenvalue weighted by Crippen LogP contribution is 2.42.